The van der Waals surface area contributed by atoms with E-state index in [1.165, 1.54) is 4.90 Å². The standard InChI is InChI=1S/C11H18F3NO3/c1-2-18-8-3-9(16)15-6-4-10(17,5-7-15)11(12,13)14/h17H,2-8H2,1H3. The third-order valence-electron chi connectivity index (χ3n) is 3.14. The zero-order valence-corrected chi connectivity index (χ0v) is 10.3. The van der Waals surface area contributed by atoms with Gasteiger partial charge in [-0.2, -0.15) is 13.2 Å². The van der Waals surface area contributed by atoms with Crippen molar-refractivity contribution in [3.8, 4) is 0 Å². The molecule has 1 rings (SSSR count). The van der Waals surface area contributed by atoms with Gasteiger partial charge in [-0.05, 0) is 6.92 Å². The second-order valence-corrected chi connectivity index (χ2v) is 4.36. The molecule has 7 heteroatoms. The van der Waals surface area contributed by atoms with Crippen LogP contribution in [0.15, 0.2) is 0 Å². The molecule has 0 unspecified atom stereocenters. The SMILES string of the molecule is CCOCCC(=O)N1CCC(O)(C(F)(F)F)CC1. The summed E-state index contributed by atoms with van der Waals surface area (Å²) >= 11 is 0. The summed E-state index contributed by atoms with van der Waals surface area (Å²) in [4.78, 5) is 13.0. The summed E-state index contributed by atoms with van der Waals surface area (Å²) in [6, 6.07) is 0. The molecule has 1 heterocycles. The molecule has 0 atom stereocenters. The van der Waals surface area contributed by atoms with Crippen molar-refractivity contribution in [3.05, 3.63) is 0 Å². The second-order valence-electron chi connectivity index (χ2n) is 4.36. The lowest BCUT2D eigenvalue weighted by molar-refractivity contribution is -0.272. The third kappa shape index (κ3) is 3.58. The van der Waals surface area contributed by atoms with E-state index in [-0.39, 0.29) is 32.0 Å². The molecular weight excluding hydrogens is 251 g/mol. The lowest BCUT2D eigenvalue weighted by atomic mass is 9.90. The Kier molecular flexibility index (Phi) is 4.98. The second kappa shape index (κ2) is 5.88. The molecule has 1 N–H and O–H groups in total. The van der Waals surface area contributed by atoms with Gasteiger partial charge in [-0.25, -0.2) is 0 Å². The molecule has 0 radical (unpaired) electrons. The van der Waals surface area contributed by atoms with Gasteiger partial charge < -0.3 is 14.7 Å². The highest BCUT2D eigenvalue weighted by molar-refractivity contribution is 5.76. The Morgan fingerprint density at radius 2 is 1.94 bits per heavy atom. The van der Waals surface area contributed by atoms with Crippen LogP contribution in [-0.4, -0.2) is 54.0 Å². The number of alkyl halides is 3. The number of piperidine rings is 1. The molecular formula is C11H18F3NO3. The van der Waals surface area contributed by atoms with E-state index in [9.17, 15) is 23.1 Å². The molecule has 4 nitrogen and oxygen atoms in total. The largest absolute Gasteiger partial charge is 0.417 e. The van der Waals surface area contributed by atoms with E-state index in [0.717, 1.165) is 0 Å². The maximum atomic E-state index is 12.5. The number of halogens is 3. The molecule has 1 amide bonds. The Labute approximate surface area is 104 Å². The summed E-state index contributed by atoms with van der Waals surface area (Å²) in [5.41, 5.74) is -2.65. The first-order valence-corrected chi connectivity index (χ1v) is 5.95. The van der Waals surface area contributed by atoms with Crippen molar-refractivity contribution >= 4 is 5.91 Å². The molecule has 0 bridgehead atoms. The Bertz CT molecular complexity index is 286. The minimum atomic E-state index is -4.63. The van der Waals surface area contributed by atoms with Gasteiger partial charge in [0.15, 0.2) is 5.60 Å². The number of aliphatic hydroxyl groups is 1. The van der Waals surface area contributed by atoms with Gasteiger partial charge >= 0.3 is 6.18 Å². The molecule has 0 aromatic carbocycles. The number of ether oxygens (including phenoxy) is 1. The molecule has 1 aliphatic heterocycles. The maximum Gasteiger partial charge on any atom is 0.417 e. The summed E-state index contributed by atoms with van der Waals surface area (Å²) < 4.78 is 42.6. The van der Waals surface area contributed by atoms with Crippen LogP contribution in [0.25, 0.3) is 0 Å². The van der Waals surface area contributed by atoms with E-state index in [0.29, 0.717) is 6.61 Å². The van der Waals surface area contributed by atoms with Crippen molar-refractivity contribution in [2.45, 2.75) is 38.0 Å². The number of amides is 1. The van der Waals surface area contributed by atoms with Crippen molar-refractivity contribution in [3.63, 3.8) is 0 Å². The molecule has 0 aromatic heterocycles. The highest BCUT2D eigenvalue weighted by atomic mass is 19.4. The van der Waals surface area contributed by atoms with E-state index in [1.807, 2.05) is 0 Å². The number of carbonyl (C=O) groups excluding carboxylic acids is 1. The first-order valence-electron chi connectivity index (χ1n) is 5.95. The third-order valence-corrected chi connectivity index (χ3v) is 3.14. The number of likely N-dealkylation sites (tertiary alicyclic amines) is 1. The van der Waals surface area contributed by atoms with Crippen molar-refractivity contribution in [2.24, 2.45) is 0 Å². The molecule has 0 aromatic rings. The van der Waals surface area contributed by atoms with Gasteiger partial charge in [-0.3, -0.25) is 4.79 Å². The Morgan fingerprint density at radius 1 is 1.39 bits per heavy atom. The first kappa shape index (κ1) is 15.2. The maximum absolute atomic E-state index is 12.5. The van der Waals surface area contributed by atoms with E-state index < -0.39 is 24.6 Å². The molecule has 0 saturated carbocycles. The van der Waals surface area contributed by atoms with Crippen molar-refractivity contribution in [2.75, 3.05) is 26.3 Å². The first-order chi connectivity index (χ1) is 8.30. The molecule has 1 aliphatic rings. The molecule has 1 fully saturated rings. The summed E-state index contributed by atoms with van der Waals surface area (Å²) in [5.74, 6) is -0.229. The van der Waals surface area contributed by atoms with Gasteiger partial charge in [-0.15, -0.1) is 0 Å². The monoisotopic (exact) mass is 269 g/mol. The molecule has 0 aliphatic carbocycles. The van der Waals surface area contributed by atoms with Gasteiger partial charge in [0.2, 0.25) is 5.91 Å². The predicted molar refractivity (Wildman–Crippen MR) is 57.9 cm³/mol. The van der Waals surface area contributed by atoms with Crippen molar-refractivity contribution < 1.29 is 27.8 Å². The zero-order valence-electron chi connectivity index (χ0n) is 10.3. The number of hydrogen-bond acceptors (Lipinski definition) is 3. The average molecular weight is 269 g/mol. The van der Waals surface area contributed by atoms with Crippen molar-refractivity contribution in [1.29, 1.82) is 0 Å². The zero-order chi connectivity index (χ0) is 13.8. The number of rotatable bonds is 4. The summed E-state index contributed by atoms with van der Waals surface area (Å²) in [6.07, 6.45) is -5.39. The highest BCUT2D eigenvalue weighted by Gasteiger charge is 2.54. The van der Waals surface area contributed by atoms with Gasteiger partial charge in [0.25, 0.3) is 0 Å². The Morgan fingerprint density at radius 3 is 2.39 bits per heavy atom. The van der Waals surface area contributed by atoms with Crippen LogP contribution in [0.2, 0.25) is 0 Å². The molecule has 18 heavy (non-hydrogen) atoms. The van der Waals surface area contributed by atoms with E-state index in [2.05, 4.69) is 0 Å². The molecule has 106 valence electrons. The quantitative estimate of drug-likeness (QED) is 0.783. The fraction of sp³-hybridized carbons (Fsp3) is 0.909. The van der Waals surface area contributed by atoms with Gasteiger partial charge in [-0.1, -0.05) is 0 Å². The topological polar surface area (TPSA) is 49.8 Å². The average Bonchev–Trinajstić information content (AvgIpc) is 2.28. The van der Waals surface area contributed by atoms with Crippen LogP contribution in [0.1, 0.15) is 26.2 Å². The van der Waals surface area contributed by atoms with Gasteiger partial charge in [0.05, 0.1) is 13.0 Å². The highest BCUT2D eigenvalue weighted by Crippen LogP contribution is 2.38. The van der Waals surface area contributed by atoms with Crippen LogP contribution in [0, 0.1) is 0 Å². The Hall–Kier alpha value is -0.820. The van der Waals surface area contributed by atoms with Crippen LogP contribution >= 0.6 is 0 Å². The number of carbonyl (C=O) groups is 1. The summed E-state index contributed by atoms with van der Waals surface area (Å²) in [7, 11) is 0. The van der Waals surface area contributed by atoms with Crippen LogP contribution in [0.3, 0.4) is 0 Å². The molecule has 1 saturated heterocycles. The fourth-order valence-electron chi connectivity index (χ4n) is 1.87. The Balaban J connectivity index is 2.42. The summed E-state index contributed by atoms with van der Waals surface area (Å²) in [5, 5.41) is 9.43. The lowest BCUT2D eigenvalue weighted by Gasteiger charge is -2.39. The van der Waals surface area contributed by atoms with Crippen LogP contribution in [-0.2, 0) is 9.53 Å². The van der Waals surface area contributed by atoms with E-state index in [4.69, 9.17) is 4.74 Å². The minimum Gasteiger partial charge on any atom is -0.381 e. The smallest absolute Gasteiger partial charge is 0.381 e. The summed E-state index contributed by atoms with van der Waals surface area (Å²) in [6.45, 7) is 2.44. The van der Waals surface area contributed by atoms with Gasteiger partial charge in [0.1, 0.15) is 0 Å². The lowest BCUT2D eigenvalue weighted by Crippen LogP contribution is -2.54. The number of nitrogens with zero attached hydrogens (tertiary/aromatic N) is 1. The van der Waals surface area contributed by atoms with Crippen molar-refractivity contribution in [1.82, 2.24) is 4.90 Å². The van der Waals surface area contributed by atoms with Crippen LogP contribution in [0.4, 0.5) is 13.2 Å². The minimum absolute atomic E-state index is 0.0685. The van der Waals surface area contributed by atoms with Crippen LogP contribution in [0.5, 0.6) is 0 Å². The van der Waals surface area contributed by atoms with Crippen LogP contribution < -0.4 is 0 Å². The predicted octanol–water partition coefficient (Wildman–Crippen LogP) is 1.33. The van der Waals surface area contributed by atoms with E-state index >= 15 is 0 Å². The van der Waals surface area contributed by atoms with E-state index in [1.54, 1.807) is 6.92 Å². The fourth-order valence-corrected chi connectivity index (χ4v) is 1.87. The molecule has 0 spiro atoms. The number of hydrogen-bond donors (Lipinski definition) is 1. The van der Waals surface area contributed by atoms with Gasteiger partial charge in [0, 0.05) is 32.5 Å². The normalized spacial score (nSPS) is 19.9.